The number of carbonyl (C=O) groups excluding carboxylic acids is 1. The maximum absolute atomic E-state index is 12.1. The average molecular weight is 290 g/mol. The predicted molar refractivity (Wildman–Crippen MR) is 84.1 cm³/mol. The number of nitrogens with zero attached hydrogens (tertiary/aromatic N) is 3. The summed E-state index contributed by atoms with van der Waals surface area (Å²) in [5, 5.41) is 3.08. The highest BCUT2D eigenvalue weighted by molar-refractivity contribution is 5.78. The minimum absolute atomic E-state index is 0.150. The first-order chi connectivity index (χ1) is 10.2. The summed E-state index contributed by atoms with van der Waals surface area (Å²) in [6, 6.07) is 0. The summed E-state index contributed by atoms with van der Waals surface area (Å²) < 4.78 is 0. The van der Waals surface area contributed by atoms with E-state index in [-0.39, 0.29) is 11.8 Å². The van der Waals surface area contributed by atoms with E-state index in [1.165, 1.54) is 6.42 Å². The summed E-state index contributed by atoms with van der Waals surface area (Å²) in [5.74, 6) is 1.99. The third-order valence-corrected chi connectivity index (χ3v) is 4.00. The van der Waals surface area contributed by atoms with Crippen LogP contribution in [0, 0.1) is 11.8 Å². The van der Waals surface area contributed by atoms with Gasteiger partial charge in [-0.3, -0.25) is 9.78 Å². The van der Waals surface area contributed by atoms with Gasteiger partial charge < -0.3 is 10.2 Å². The molecule has 1 amide bonds. The lowest BCUT2D eigenvalue weighted by molar-refractivity contribution is -0.125. The van der Waals surface area contributed by atoms with Gasteiger partial charge in [0, 0.05) is 37.9 Å². The van der Waals surface area contributed by atoms with Crippen molar-refractivity contribution in [3.8, 4) is 0 Å². The molecule has 0 bridgehead atoms. The molecule has 1 aliphatic rings. The molecule has 1 aromatic rings. The maximum Gasteiger partial charge on any atom is 0.223 e. The molecule has 5 heteroatoms. The predicted octanol–water partition coefficient (Wildman–Crippen LogP) is 2.25. The van der Waals surface area contributed by atoms with Gasteiger partial charge in [0.15, 0.2) is 0 Å². The Morgan fingerprint density at radius 2 is 2.14 bits per heavy atom. The van der Waals surface area contributed by atoms with Crippen LogP contribution in [0.1, 0.15) is 39.5 Å². The van der Waals surface area contributed by atoms with Gasteiger partial charge in [-0.25, -0.2) is 4.98 Å². The Kier molecular flexibility index (Phi) is 5.96. The monoisotopic (exact) mass is 290 g/mol. The van der Waals surface area contributed by atoms with Crippen LogP contribution in [0.25, 0.3) is 0 Å². The fourth-order valence-corrected chi connectivity index (χ4v) is 2.69. The van der Waals surface area contributed by atoms with Crippen LogP contribution in [0.5, 0.6) is 0 Å². The lowest BCUT2D eigenvalue weighted by Gasteiger charge is -2.31. The lowest BCUT2D eigenvalue weighted by atomic mass is 9.96. The topological polar surface area (TPSA) is 58.1 Å². The summed E-state index contributed by atoms with van der Waals surface area (Å²) in [6.45, 7) is 6.99. The van der Waals surface area contributed by atoms with E-state index in [4.69, 9.17) is 0 Å². The van der Waals surface area contributed by atoms with Crippen molar-refractivity contribution in [3.63, 3.8) is 0 Å². The molecular weight excluding hydrogens is 264 g/mol. The molecule has 0 unspecified atom stereocenters. The minimum Gasteiger partial charge on any atom is -0.356 e. The van der Waals surface area contributed by atoms with E-state index < -0.39 is 0 Å². The van der Waals surface area contributed by atoms with Gasteiger partial charge in [0.25, 0.3) is 0 Å². The van der Waals surface area contributed by atoms with E-state index in [1.807, 2.05) is 0 Å². The van der Waals surface area contributed by atoms with E-state index in [9.17, 15) is 4.79 Å². The average Bonchev–Trinajstić information content (AvgIpc) is 2.52. The van der Waals surface area contributed by atoms with Crippen molar-refractivity contribution in [2.45, 2.75) is 39.5 Å². The molecule has 21 heavy (non-hydrogen) atoms. The number of hydrogen-bond acceptors (Lipinski definition) is 4. The molecule has 5 nitrogen and oxygen atoms in total. The number of aromatic nitrogens is 2. The Morgan fingerprint density at radius 3 is 2.76 bits per heavy atom. The van der Waals surface area contributed by atoms with Crippen LogP contribution in [-0.2, 0) is 4.79 Å². The molecule has 0 aliphatic carbocycles. The SMILES string of the molecule is CC(C)CCCNC(=O)C1CCN(c2cnccn2)CC1. The number of carbonyl (C=O) groups is 1. The number of rotatable bonds is 6. The number of anilines is 1. The van der Waals surface area contributed by atoms with Crippen molar-refractivity contribution in [1.29, 1.82) is 0 Å². The second-order valence-corrected chi connectivity index (χ2v) is 6.15. The highest BCUT2D eigenvalue weighted by atomic mass is 16.1. The number of amides is 1. The third-order valence-electron chi connectivity index (χ3n) is 4.00. The molecule has 0 spiro atoms. The van der Waals surface area contributed by atoms with Crippen molar-refractivity contribution >= 4 is 11.7 Å². The standard InChI is InChI=1S/C16H26N4O/c1-13(2)4-3-7-19-16(21)14-5-10-20(11-6-14)15-12-17-8-9-18-15/h8-9,12-14H,3-7,10-11H2,1-2H3,(H,19,21). The molecule has 116 valence electrons. The first-order valence-corrected chi connectivity index (χ1v) is 7.95. The molecule has 0 saturated carbocycles. The van der Waals surface area contributed by atoms with E-state index in [0.717, 1.165) is 44.7 Å². The van der Waals surface area contributed by atoms with Crippen molar-refractivity contribution in [1.82, 2.24) is 15.3 Å². The van der Waals surface area contributed by atoms with Crippen molar-refractivity contribution in [3.05, 3.63) is 18.6 Å². The van der Waals surface area contributed by atoms with Crippen molar-refractivity contribution < 1.29 is 4.79 Å². The van der Waals surface area contributed by atoms with Gasteiger partial charge in [-0.15, -0.1) is 0 Å². The summed E-state index contributed by atoms with van der Waals surface area (Å²) in [5.41, 5.74) is 0. The highest BCUT2D eigenvalue weighted by Crippen LogP contribution is 2.21. The van der Waals surface area contributed by atoms with Gasteiger partial charge in [0.05, 0.1) is 6.20 Å². The summed E-state index contributed by atoms with van der Waals surface area (Å²) in [4.78, 5) is 22.7. The zero-order chi connectivity index (χ0) is 15.1. The fourth-order valence-electron chi connectivity index (χ4n) is 2.69. The number of nitrogens with one attached hydrogen (secondary N) is 1. The Bertz CT molecular complexity index is 427. The third kappa shape index (κ3) is 4.99. The van der Waals surface area contributed by atoms with E-state index in [0.29, 0.717) is 5.92 Å². The lowest BCUT2D eigenvalue weighted by Crippen LogP contribution is -2.41. The smallest absolute Gasteiger partial charge is 0.223 e. The van der Waals surface area contributed by atoms with Gasteiger partial charge in [-0.1, -0.05) is 13.8 Å². The normalized spacial score (nSPS) is 16.2. The second kappa shape index (κ2) is 7.96. The molecule has 1 N–H and O–H groups in total. The van der Waals surface area contributed by atoms with Crippen LogP contribution in [0.3, 0.4) is 0 Å². The van der Waals surface area contributed by atoms with Gasteiger partial charge in [0.1, 0.15) is 5.82 Å². The quantitative estimate of drug-likeness (QED) is 0.816. The summed E-state index contributed by atoms with van der Waals surface area (Å²) in [7, 11) is 0. The Morgan fingerprint density at radius 1 is 1.38 bits per heavy atom. The van der Waals surface area contributed by atoms with E-state index >= 15 is 0 Å². The molecule has 0 radical (unpaired) electrons. The summed E-state index contributed by atoms with van der Waals surface area (Å²) in [6.07, 6.45) is 9.21. The fraction of sp³-hybridized carbons (Fsp3) is 0.688. The maximum atomic E-state index is 12.1. The van der Waals surface area contributed by atoms with Crippen molar-refractivity contribution in [2.75, 3.05) is 24.5 Å². The molecule has 0 aromatic carbocycles. The molecule has 1 aliphatic heterocycles. The molecule has 1 saturated heterocycles. The molecular formula is C16H26N4O. The van der Waals surface area contributed by atoms with Gasteiger partial charge in [-0.2, -0.15) is 0 Å². The molecule has 0 atom stereocenters. The van der Waals surface area contributed by atoms with E-state index in [2.05, 4.69) is 34.0 Å². The van der Waals surface area contributed by atoms with Crippen LogP contribution in [0.2, 0.25) is 0 Å². The highest BCUT2D eigenvalue weighted by Gasteiger charge is 2.25. The number of piperidine rings is 1. The Balaban J connectivity index is 1.70. The van der Waals surface area contributed by atoms with Crippen LogP contribution in [-0.4, -0.2) is 35.5 Å². The van der Waals surface area contributed by atoms with Gasteiger partial charge in [-0.05, 0) is 31.6 Å². The molecule has 1 fully saturated rings. The number of hydrogen-bond donors (Lipinski definition) is 1. The molecule has 2 rings (SSSR count). The minimum atomic E-state index is 0.150. The van der Waals surface area contributed by atoms with Crippen LogP contribution in [0.4, 0.5) is 5.82 Å². The van der Waals surface area contributed by atoms with Crippen molar-refractivity contribution in [2.24, 2.45) is 11.8 Å². The first-order valence-electron chi connectivity index (χ1n) is 7.95. The van der Waals surface area contributed by atoms with Crippen LogP contribution in [0.15, 0.2) is 18.6 Å². The first kappa shape index (κ1) is 15.7. The molecule has 1 aromatic heterocycles. The van der Waals surface area contributed by atoms with Gasteiger partial charge >= 0.3 is 0 Å². The van der Waals surface area contributed by atoms with Crippen LogP contribution < -0.4 is 10.2 Å². The van der Waals surface area contributed by atoms with Crippen LogP contribution >= 0.6 is 0 Å². The summed E-state index contributed by atoms with van der Waals surface area (Å²) >= 11 is 0. The van der Waals surface area contributed by atoms with Gasteiger partial charge in [0.2, 0.25) is 5.91 Å². The van der Waals surface area contributed by atoms with E-state index in [1.54, 1.807) is 18.6 Å². The Hall–Kier alpha value is -1.65. The Labute approximate surface area is 127 Å². The largest absolute Gasteiger partial charge is 0.356 e. The molecule has 2 heterocycles. The zero-order valence-corrected chi connectivity index (χ0v) is 13.1. The zero-order valence-electron chi connectivity index (χ0n) is 13.1. The second-order valence-electron chi connectivity index (χ2n) is 6.15.